The number of nitrogens with zero attached hydrogens (tertiary/aromatic N) is 1. The second-order valence-corrected chi connectivity index (χ2v) is 7.18. The Bertz CT molecular complexity index is 930. The summed E-state index contributed by atoms with van der Waals surface area (Å²) in [5.41, 5.74) is 1.83. The molecule has 0 N–H and O–H groups in total. The second kappa shape index (κ2) is 6.68. The van der Waals surface area contributed by atoms with Gasteiger partial charge in [-0.15, -0.1) is 11.8 Å². The van der Waals surface area contributed by atoms with Crippen molar-refractivity contribution in [3.63, 3.8) is 0 Å². The average molecular weight is 373 g/mol. The minimum atomic E-state index is -4.33. The molecule has 0 fully saturated rings. The number of hydrogen-bond acceptors (Lipinski definition) is 3. The molecule has 0 radical (unpaired) electrons. The maximum absolute atomic E-state index is 12.8. The molecule has 1 aromatic heterocycles. The Labute approximate surface area is 152 Å². The number of para-hydroxylation sites is 1. The first-order valence-electron chi connectivity index (χ1n) is 8.05. The van der Waals surface area contributed by atoms with E-state index in [0.29, 0.717) is 12.2 Å². The highest BCUT2D eigenvalue weighted by molar-refractivity contribution is 7.99. The first-order valence-corrected chi connectivity index (χ1v) is 8.93. The van der Waals surface area contributed by atoms with E-state index in [1.54, 1.807) is 36.2 Å². The molecule has 0 bridgehead atoms. The molecule has 4 rings (SSSR count). The van der Waals surface area contributed by atoms with Gasteiger partial charge in [0.2, 0.25) is 0 Å². The molecule has 26 heavy (non-hydrogen) atoms. The van der Waals surface area contributed by atoms with E-state index in [2.05, 4.69) is 0 Å². The number of alkyl halides is 3. The van der Waals surface area contributed by atoms with Crippen LogP contribution in [0.15, 0.2) is 81.2 Å². The van der Waals surface area contributed by atoms with Crippen LogP contribution in [0.1, 0.15) is 28.6 Å². The molecule has 6 heteroatoms. The molecule has 1 unspecified atom stereocenters. The van der Waals surface area contributed by atoms with Crippen LogP contribution in [-0.4, -0.2) is 5.71 Å². The molecule has 2 aromatic carbocycles. The summed E-state index contributed by atoms with van der Waals surface area (Å²) in [5.74, 6) is 0.680. The van der Waals surface area contributed by atoms with E-state index in [-0.39, 0.29) is 5.25 Å². The van der Waals surface area contributed by atoms with Crippen molar-refractivity contribution in [3.8, 4) is 0 Å². The molecular weight excluding hydrogens is 359 g/mol. The molecule has 0 spiro atoms. The highest BCUT2D eigenvalue weighted by atomic mass is 32.2. The molecule has 0 aliphatic carbocycles. The van der Waals surface area contributed by atoms with Crippen molar-refractivity contribution in [3.05, 3.63) is 83.8 Å². The third-order valence-corrected chi connectivity index (χ3v) is 5.51. The van der Waals surface area contributed by atoms with Crippen molar-refractivity contribution in [1.82, 2.24) is 0 Å². The van der Waals surface area contributed by atoms with Gasteiger partial charge < -0.3 is 4.42 Å². The molecule has 3 aromatic rings. The van der Waals surface area contributed by atoms with Crippen LogP contribution in [0.3, 0.4) is 0 Å². The second-order valence-electron chi connectivity index (χ2n) is 5.93. The maximum Gasteiger partial charge on any atom is 0.416 e. The smallest absolute Gasteiger partial charge is 0.416 e. The minimum absolute atomic E-state index is 0.0511. The largest absolute Gasteiger partial charge is 0.463 e. The van der Waals surface area contributed by atoms with Gasteiger partial charge in [0.25, 0.3) is 0 Å². The number of halogens is 3. The Morgan fingerprint density at radius 3 is 2.42 bits per heavy atom. The van der Waals surface area contributed by atoms with Crippen LogP contribution in [0, 0.1) is 0 Å². The lowest BCUT2D eigenvalue weighted by atomic mass is 10.0. The van der Waals surface area contributed by atoms with Crippen molar-refractivity contribution >= 4 is 23.2 Å². The summed E-state index contributed by atoms with van der Waals surface area (Å²) in [6.07, 6.45) is -2.17. The molecule has 0 saturated carbocycles. The van der Waals surface area contributed by atoms with Gasteiger partial charge in [0, 0.05) is 16.6 Å². The third-order valence-electron chi connectivity index (χ3n) is 4.18. The summed E-state index contributed by atoms with van der Waals surface area (Å²) in [5, 5.41) is -0.0511. The fraction of sp³-hybridized carbons (Fsp3) is 0.150. The van der Waals surface area contributed by atoms with Gasteiger partial charge in [-0.2, -0.15) is 13.2 Å². The molecule has 1 aliphatic heterocycles. The van der Waals surface area contributed by atoms with Crippen molar-refractivity contribution in [2.75, 3.05) is 0 Å². The average Bonchev–Trinajstić information content (AvgIpc) is 3.09. The van der Waals surface area contributed by atoms with Crippen LogP contribution in [0.2, 0.25) is 0 Å². The van der Waals surface area contributed by atoms with Crippen LogP contribution in [0.4, 0.5) is 18.9 Å². The predicted octanol–water partition coefficient (Wildman–Crippen LogP) is 6.66. The zero-order valence-corrected chi connectivity index (χ0v) is 14.3. The predicted molar refractivity (Wildman–Crippen MR) is 96.0 cm³/mol. The normalized spacial score (nSPS) is 17.3. The van der Waals surface area contributed by atoms with E-state index in [0.717, 1.165) is 34.0 Å². The maximum atomic E-state index is 12.8. The standard InChI is InChI=1S/C20H14F3NOS/c21-20(22,23)14-9-7-13(8-10-14)19-12-16(17-5-3-11-25-17)24-15-4-1-2-6-18(15)26-19/h1-11,19H,12H2. The number of fused-ring (bicyclic) bond motifs is 1. The van der Waals surface area contributed by atoms with E-state index < -0.39 is 11.7 Å². The van der Waals surface area contributed by atoms with Crippen LogP contribution in [0.25, 0.3) is 0 Å². The van der Waals surface area contributed by atoms with Crippen LogP contribution in [-0.2, 0) is 6.18 Å². The summed E-state index contributed by atoms with van der Waals surface area (Å²) in [6.45, 7) is 0. The van der Waals surface area contributed by atoms with Gasteiger partial charge in [0.1, 0.15) is 5.76 Å². The van der Waals surface area contributed by atoms with E-state index >= 15 is 0 Å². The first-order chi connectivity index (χ1) is 12.5. The van der Waals surface area contributed by atoms with Crippen molar-refractivity contribution in [2.24, 2.45) is 4.99 Å². The molecular formula is C20H14F3NOS. The number of hydrogen-bond donors (Lipinski definition) is 0. The Kier molecular flexibility index (Phi) is 4.36. The highest BCUT2D eigenvalue weighted by Gasteiger charge is 2.31. The van der Waals surface area contributed by atoms with Gasteiger partial charge in [-0.05, 0) is 42.0 Å². The fourth-order valence-corrected chi connectivity index (χ4v) is 4.11. The Morgan fingerprint density at radius 1 is 0.962 bits per heavy atom. The van der Waals surface area contributed by atoms with Crippen molar-refractivity contribution < 1.29 is 17.6 Å². The van der Waals surface area contributed by atoms with Gasteiger partial charge >= 0.3 is 6.18 Å². The lowest BCUT2D eigenvalue weighted by molar-refractivity contribution is -0.137. The van der Waals surface area contributed by atoms with Gasteiger partial charge in [-0.3, -0.25) is 0 Å². The summed E-state index contributed by atoms with van der Waals surface area (Å²) < 4.78 is 44.0. The number of thioether (sulfide) groups is 1. The summed E-state index contributed by atoms with van der Waals surface area (Å²) in [6, 6.07) is 16.8. The SMILES string of the molecule is FC(F)(F)c1ccc(C2CC(c3ccco3)=Nc3ccccc3S2)cc1. The highest BCUT2D eigenvalue weighted by Crippen LogP contribution is 2.45. The zero-order valence-electron chi connectivity index (χ0n) is 13.5. The Morgan fingerprint density at radius 2 is 1.73 bits per heavy atom. The first kappa shape index (κ1) is 17.0. The van der Waals surface area contributed by atoms with Crippen LogP contribution < -0.4 is 0 Å². The Hall–Kier alpha value is -2.47. The van der Waals surface area contributed by atoms with Gasteiger partial charge in [-0.1, -0.05) is 24.3 Å². The lowest BCUT2D eigenvalue weighted by Gasteiger charge is -2.16. The van der Waals surface area contributed by atoms with Crippen molar-refractivity contribution in [1.29, 1.82) is 0 Å². The number of rotatable bonds is 2. The van der Waals surface area contributed by atoms with E-state index in [1.165, 1.54) is 0 Å². The van der Waals surface area contributed by atoms with Gasteiger partial charge in [0.15, 0.2) is 0 Å². The van der Waals surface area contributed by atoms with Gasteiger partial charge in [-0.25, -0.2) is 4.99 Å². The van der Waals surface area contributed by atoms with E-state index in [9.17, 15) is 13.2 Å². The van der Waals surface area contributed by atoms with Gasteiger partial charge in [0.05, 0.1) is 23.2 Å². The monoisotopic (exact) mass is 373 g/mol. The molecule has 132 valence electrons. The molecule has 2 nitrogen and oxygen atoms in total. The topological polar surface area (TPSA) is 25.5 Å². The minimum Gasteiger partial charge on any atom is -0.463 e. The number of furan rings is 1. The third kappa shape index (κ3) is 3.42. The molecule has 2 heterocycles. The fourth-order valence-electron chi connectivity index (χ4n) is 2.88. The van der Waals surface area contributed by atoms with Crippen LogP contribution >= 0.6 is 11.8 Å². The molecule has 0 saturated heterocycles. The summed E-state index contributed by atoms with van der Waals surface area (Å²) in [7, 11) is 0. The zero-order chi connectivity index (χ0) is 18.1. The number of benzene rings is 2. The molecule has 1 atom stereocenters. The van der Waals surface area contributed by atoms with Crippen molar-refractivity contribution in [2.45, 2.75) is 22.7 Å². The van der Waals surface area contributed by atoms with E-state index in [4.69, 9.17) is 9.41 Å². The van der Waals surface area contributed by atoms with E-state index in [1.807, 2.05) is 30.3 Å². The summed E-state index contributed by atoms with van der Waals surface area (Å²) >= 11 is 1.61. The number of aliphatic imine (C=N–C) groups is 1. The van der Waals surface area contributed by atoms with Crippen LogP contribution in [0.5, 0.6) is 0 Å². The molecule has 0 amide bonds. The lowest BCUT2D eigenvalue weighted by Crippen LogP contribution is -2.07. The molecule has 1 aliphatic rings. The summed E-state index contributed by atoms with van der Waals surface area (Å²) in [4.78, 5) is 5.74. The Balaban J connectivity index is 1.72. The quantitative estimate of drug-likeness (QED) is 0.502.